The molecule has 0 unspecified atom stereocenters. The summed E-state index contributed by atoms with van der Waals surface area (Å²) in [5.41, 5.74) is 4.57. The summed E-state index contributed by atoms with van der Waals surface area (Å²) in [6.07, 6.45) is 17.7. The second kappa shape index (κ2) is 11.7. The molecule has 0 aromatic heterocycles. The fourth-order valence-electron chi connectivity index (χ4n) is 7.86. The van der Waals surface area contributed by atoms with Crippen LogP contribution in [0.15, 0.2) is 35.5 Å². The van der Waals surface area contributed by atoms with E-state index in [1.165, 1.54) is 63.0 Å². The number of esters is 1. The van der Waals surface area contributed by atoms with Crippen molar-refractivity contribution >= 4 is 14.3 Å². The summed E-state index contributed by atoms with van der Waals surface area (Å²) >= 11 is 0. The molecule has 0 aromatic carbocycles. The van der Waals surface area contributed by atoms with Gasteiger partial charge in [0.2, 0.25) is 0 Å². The Kier molecular flexibility index (Phi) is 9.58. The van der Waals surface area contributed by atoms with Crippen molar-refractivity contribution in [1.82, 2.24) is 0 Å². The monoisotopic (exact) mass is 514 g/mol. The molecule has 3 rings (SSSR count). The van der Waals surface area contributed by atoms with E-state index in [0.29, 0.717) is 11.3 Å². The molecule has 0 radical (unpaired) electrons. The van der Waals surface area contributed by atoms with Gasteiger partial charge in [-0.05, 0) is 114 Å². The lowest BCUT2D eigenvalue weighted by atomic mass is 9.60. The van der Waals surface area contributed by atoms with Gasteiger partial charge in [0.05, 0.1) is 5.60 Å². The Morgan fingerprint density at radius 3 is 2.58 bits per heavy atom. The summed E-state index contributed by atoms with van der Waals surface area (Å²) < 4.78 is 12.0. The van der Waals surface area contributed by atoms with Crippen molar-refractivity contribution in [2.75, 3.05) is 0 Å². The van der Waals surface area contributed by atoms with Crippen molar-refractivity contribution in [1.29, 1.82) is 0 Å². The largest absolute Gasteiger partial charge is 0.462 e. The summed E-state index contributed by atoms with van der Waals surface area (Å²) in [5, 5.41) is 0. The zero-order chi connectivity index (χ0) is 26.7. The lowest BCUT2D eigenvalue weighted by Gasteiger charge is -2.44. The molecule has 3 nitrogen and oxygen atoms in total. The summed E-state index contributed by atoms with van der Waals surface area (Å²) in [7, 11) is -1.51. The van der Waals surface area contributed by atoms with E-state index in [0.717, 1.165) is 37.5 Å². The number of hydrogen-bond acceptors (Lipinski definition) is 3. The Balaban J connectivity index is 1.63. The highest BCUT2D eigenvalue weighted by atomic mass is 28.4. The fraction of sp³-hybridized carbons (Fsp3) is 0.781. The standard InChI is InChI=1S/C32H54O3Si/c1-23-14-17-28(34-25(3)33)22-27(23)16-15-26-13-11-21-32(6)29(18-19-30(26)32)24(2)12-10-20-31(4,5)35-36(7,8)9/h15-16,24,28-30H,1,10-14,17-22H2,2-9H3/t24-,28+,29-,30+,32-/m1/s1. The van der Waals surface area contributed by atoms with E-state index in [2.05, 4.69) is 66.1 Å². The van der Waals surface area contributed by atoms with Gasteiger partial charge in [0.1, 0.15) is 6.10 Å². The minimum Gasteiger partial charge on any atom is -0.462 e. The number of fused-ring (bicyclic) bond motifs is 1. The third-order valence-corrected chi connectivity index (χ3v) is 10.4. The van der Waals surface area contributed by atoms with Crippen LogP contribution in [0, 0.1) is 23.2 Å². The van der Waals surface area contributed by atoms with Crippen LogP contribution >= 0.6 is 0 Å². The van der Waals surface area contributed by atoms with Crippen molar-refractivity contribution < 1.29 is 14.0 Å². The molecule has 5 atom stereocenters. The van der Waals surface area contributed by atoms with Crippen LogP contribution in [-0.2, 0) is 14.0 Å². The van der Waals surface area contributed by atoms with Crippen molar-refractivity contribution in [2.45, 2.75) is 137 Å². The van der Waals surface area contributed by atoms with Crippen LogP contribution in [-0.4, -0.2) is 26.0 Å². The molecule has 3 aliphatic carbocycles. The Hall–Kier alpha value is -1.13. The molecular formula is C32H54O3Si. The number of rotatable bonds is 9. The van der Waals surface area contributed by atoms with Gasteiger partial charge < -0.3 is 9.16 Å². The highest BCUT2D eigenvalue weighted by Crippen LogP contribution is 2.60. The van der Waals surface area contributed by atoms with E-state index in [1.54, 1.807) is 5.57 Å². The predicted molar refractivity (Wildman–Crippen MR) is 154 cm³/mol. The van der Waals surface area contributed by atoms with Crippen LogP contribution in [0.3, 0.4) is 0 Å². The van der Waals surface area contributed by atoms with E-state index in [1.807, 2.05) is 0 Å². The van der Waals surface area contributed by atoms with Crippen molar-refractivity contribution in [2.24, 2.45) is 23.2 Å². The molecule has 0 saturated heterocycles. The van der Waals surface area contributed by atoms with Gasteiger partial charge in [0.25, 0.3) is 0 Å². The van der Waals surface area contributed by atoms with Gasteiger partial charge in [0.15, 0.2) is 8.32 Å². The topological polar surface area (TPSA) is 35.5 Å². The molecular weight excluding hydrogens is 460 g/mol. The molecule has 3 saturated carbocycles. The number of ether oxygens (including phenoxy) is 1. The van der Waals surface area contributed by atoms with Gasteiger partial charge in [-0.25, -0.2) is 0 Å². The summed E-state index contributed by atoms with van der Waals surface area (Å²) in [6, 6.07) is 0. The zero-order valence-electron chi connectivity index (χ0n) is 24.7. The van der Waals surface area contributed by atoms with Gasteiger partial charge >= 0.3 is 5.97 Å². The van der Waals surface area contributed by atoms with E-state index < -0.39 is 8.32 Å². The highest BCUT2D eigenvalue weighted by molar-refractivity contribution is 6.69. The molecule has 0 aromatic rings. The Morgan fingerprint density at radius 1 is 1.19 bits per heavy atom. The van der Waals surface area contributed by atoms with E-state index >= 15 is 0 Å². The van der Waals surface area contributed by atoms with E-state index in [-0.39, 0.29) is 17.7 Å². The van der Waals surface area contributed by atoms with Crippen LogP contribution in [0.25, 0.3) is 0 Å². The van der Waals surface area contributed by atoms with Gasteiger partial charge in [-0.1, -0.05) is 56.6 Å². The molecule has 0 heterocycles. The first-order chi connectivity index (χ1) is 16.7. The van der Waals surface area contributed by atoms with Crippen molar-refractivity contribution in [3.05, 3.63) is 35.5 Å². The highest BCUT2D eigenvalue weighted by Gasteiger charge is 2.50. The first-order valence-electron chi connectivity index (χ1n) is 14.7. The Bertz CT molecular complexity index is 861. The van der Waals surface area contributed by atoms with E-state index in [4.69, 9.17) is 9.16 Å². The smallest absolute Gasteiger partial charge is 0.302 e. The molecule has 0 spiro atoms. The second-order valence-electron chi connectivity index (χ2n) is 14.0. The normalized spacial score (nSPS) is 32.6. The average molecular weight is 515 g/mol. The number of hydrogen-bond donors (Lipinski definition) is 0. The quantitative estimate of drug-likeness (QED) is 0.227. The summed E-state index contributed by atoms with van der Waals surface area (Å²) in [4.78, 5) is 11.4. The summed E-state index contributed by atoms with van der Waals surface area (Å²) in [5.74, 6) is 2.12. The minimum atomic E-state index is -1.51. The van der Waals surface area contributed by atoms with Crippen LogP contribution < -0.4 is 0 Å². The number of carbonyl (C=O) groups is 1. The average Bonchev–Trinajstić information content (AvgIpc) is 3.09. The third-order valence-electron chi connectivity index (χ3n) is 9.25. The maximum atomic E-state index is 11.4. The Labute approximate surface area is 223 Å². The number of carbonyl (C=O) groups excluding carboxylic acids is 1. The van der Waals surface area contributed by atoms with Gasteiger partial charge in [-0.3, -0.25) is 4.79 Å². The molecule has 0 aliphatic heterocycles. The van der Waals surface area contributed by atoms with Crippen LogP contribution in [0.5, 0.6) is 0 Å². The Morgan fingerprint density at radius 2 is 1.92 bits per heavy atom. The van der Waals surface area contributed by atoms with Crippen LogP contribution in [0.1, 0.15) is 105 Å². The van der Waals surface area contributed by atoms with Crippen LogP contribution in [0.4, 0.5) is 0 Å². The van der Waals surface area contributed by atoms with Gasteiger partial charge in [-0.15, -0.1) is 0 Å². The maximum absolute atomic E-state index is 11.4. The van der Waals surface area contributed by atoms with E-state index in [9.17, 15) is 4.79 Å². The first-order valence-corrected chi connectivity index (χ1v) is 18.1. The van der Waals surface area contributed by atoms with Crippen LogP contribution in [0.2, 0.25) is 19.6 Å². The lowest BCUT2D eigenvalue weighted by molar-refractivity contribution is -0.146. The zero-order valence-corrected chi connectivity index (χ0v) is 25.7. The summed E-state index contributed by atoms with van der Waals surface area (Å²) in [6.45, 7) is 22.4. The molecule has 0 bridgehead atoms. The van der Waals surface area contributed by atoms with Crippen molar-refractivity contribution in [3.8, 4) is 0 Å². The van der Waals surface area contributed by atoms with Crippen molar-refractivity contribution in [3.63, 3.8) is 0 Å². The third kappa shape index (κ3) is 7.69. The maximum Gasteiger partial charge on any atom is 0.302 e. The molecule has 204 valence electrons. The second-order valence-corrected chi connectivity index (χ2v) is 18.4. The van der Waals surface area contributed by atoms with Gasteiger partial charge in [-0.2, -0.15) is 0 Å². The predicted octanol–water partition coefficient (Wildman–Crippen LogP) is 9.16. The molecule has 0 amide bonds. The molecule has 3 aliphatic rings. The number of allylic oxidation sites excluding steroid dienone is 4. The molecule has 3 fully saturated rings. The minimum absolute atomic E-state index is 0.00184. The molecule has 36 heavy (non-hydrogen) atoms. The lowest BCUT2D eigenvalue weighted by Crippen LogP contribution is -2.38. The van der Waals surface area contributed by atoms with Gasteiger partial charge in [0, 0.05) is 13.3 Å². The first kappa shape index (κ1) is 29.4. The fourth-order valence-corrected chi connectivity index (χ4v) is 9.62. The molecule has 0 N–H and O–H groups in total. The SMILES string of the molecule is C=C1CC[C@H](OC(C)=O)CC1=CC=C1CCC[C@]2(C)[C@@H]([C@H](C)CCCC(C)(C)O[Si](C)(C)C)CC[C@@H]12. The molecule has 4 heteroatoms.